The fraction of sp³-hybridized carbons (Fsp3) is 0.538. The number of aryl methyl sites for hydroxylation is 1. The maximum absolute atomic E-state index is 11.3. The van der Waals surface area contributed by atoms with Crippen LogP contribution in [-0.2, 0) is 23.1 Å². The van der Waals surface area contributed by atoms with E-state index in [-0.39, 0.29) is 5.41 Å². The molecule has 0 unspecified atom stereocenters. The van der Waals surface area contributed by atoms with Gasteiger partial charge in [0.1, 0.15) is 5.78 Å². The maximum atomic E-state index is 11.3. The Morgan fingerprint density at radius 1 is 1.27 bits per heavy atom. The molecule has 1 heterocycles. The molecule has 0 fully saturated rings. The second-order valence-electron chi connectivity index (χ2n) is 5.30. The van der Waals surface area contributed by atoms with E-state index in [1.54, 1.807) is 0 Å². The summed E-state index contributed by atoms with van der Waals surface area (Å²) < 4.78 is 0. The number of carbonyl (C=O) groups excluding carboxylic acids is 1. The first-order chi connectivity index (χ1) is 6.97. The summed E-state index contributed by atoms with van der Waals surface area (Å²) in [5, 5.41) is 0. The minimum Gasteiger partial charge on any atom is -0.299 e. The first-order valence-corrected chi connectivity index (χ1v) is 5.47. The molecule has 2 nitrogen and oxygen atoms in total. The van der Waals surface area contributed by atoms with E-state index >= 15 is 0 Å². The van der Waals surface area contributed by atoms with Crippen LogP contribution in [0.4, 0.5) is 0 Å². The number of aromatic nitrogens is 1. The summed E-state index contributed by atoms with van der Waals surface area (Å²) in [7, 11) is 0. The van der Waals surface area contributed by atoms with E-state index in [9.17, 15) is 4.79 Å². The van der Waals surface area contributed by atoms with Crippen LogP contribution in [0.1, 0.15) is 44.0 Å². The summed E-state index contributed by atoms with van der Waals surface area (Å²) in [4.78, 5) is 15.7. The third-order valence-electron chi connectivity index (χ3n) is 2.96. The standard InChI is InChI=1S/C13H17NO/c1-13(2,3)10-6-9-4-5-11(15)7-12(9)14-8-10/h6,8H,4-5,7H2,1-3H3. The molecule has 15 heavy (non-hydrogen) atoms. The monoisotopic (exact) mass is 203 g/mol. The molecule has 1 aromatic rings. The van der Waals surface area contributed by atoms with Gasteiger partial charge in [0, 0.05) is 19.0 Å². The summed E-state index contributed by atoms with van der Waals surface area (Å²) in [5.74, 6) is 0.318. The summed E-state index contributed by atoms with van der Waals surface area (Å²) >= 11 is 0. The van der Waals surface area contributed by atoms with E-state index in [1.807, 2.05) is 6.20 Å². The van der Waals surface area contributed by atoms with Gasteiger partial charge in [-0.3, -0.25) is 9.78 Å². The van der Waals surface area contributed by atoms with Crippen molar-refractivity contribution in [3.63, 3.8) is 0 Å². The molecule has 80 valence electrons. The SMILES string of the molecule is CC(C)(C)c1cnc2c(c1)CCC(=O)C2. The van der Waals surface area contributed by atoms with Gasteiger partial charge in [0.05, 0.1) is 5.69 Å². The van der Waals surface area contributed by atoms with Crippen LogP contribution in [-0.4, -0.2) is 10.8 Å². The smallest absolute Gasteiger partial charge is 0.139 e. The molecule has 1 aliphatic carbocycles. The highest BCUT2D eigenvalue weighted by Gasteiger charge is 2.20. The van der Waals surface area contributed by atoms with Crippen LogP contribution in [0.15, 0.2) is 12.3 Å². The van der Waals surface area contributed by atoms with E-state index in [4.69, 9.17) is 0 Å². The number of carbonyl (C=O) groups is 1. The Bertz CT molecular complexity index is 401. The van der Waals surface area contributed by atoms with Crippen LogP contribution in [0, 0.1) is 0 Å². The average Bonchev–Trinajstić information content (AvgIpc) is 2.15. The van der Waals surface area contributed by atoms with Crippen molar-refractivity contribution in [1.29, 1.82) is 0 Å². The van der Waals surface area contributed by atoms with Crippen LogP contribution in [0.25, 0.3) is 0 Å². The average molecular weight is 203 g/mol. The van der Waals surface area contributed by atoms with Gasteiger partial charge in [-0.15, -0.1) is 0 Å². The van der Waals surface area contributed by atoms with Gasteiger partial charge in [0.25, 0.3) is 0 Å². The van der Waals surface area contributed by atoms with Crippen molar-refractivity contribution < 1.29 is 4.79 Å². The van der Waals surface area contributed by atoms with E-state index in [0.717, 1.165) is 12.1 Å². The van der Waals surface area contributed by atoms with Gasteiger partial charge < -0.3 is 0 Å². The van der Waals surface area contributed by atoms with Crippen molar-refractivity contribution in [2.75, 3.05) is 0 Å². The highest BCUT2D eigenvalue weighted by atomic mass is 16.1. The Labute approximate surface area is 90.7 Å². The minimum atomic E-state index is 0.142. The van der Waals surface area contributed by atoms with E-state index in [1.165, 1.54) is 11.1 Å². The van der Waals surface area contributed by atoms with Crippen molar-refractivity contribution in [2.24, 2.45) is 0 Å². The summed E-state index contributed by atoms with van der Waals surface area (Å²) in [6, 6.07) is 2.22. The third-order valence-corrected chi connectivity index (χ3v) is 2.96. The lowest BCUT2D eigenvalue weighted by Crippen LogP contribution is -2.18. The Hall–Kier alpha value is -1.18. The van der Waals surface area contributed by atoms with Crippen molar-refractivity contribution in [3.8, 4) is 0 Å². The Kier molecular flexibility index (Phi) is 2.37. The molecule has 0 saturated heterocycles. The fourth-order valence-electron chi connectivity index (χ4n) is 1.87. The number of rotatable bonds is 0. The summed E-state index contributed by atoms with van der Waals surface area (Å²) in [6.45, 7) is 6.55. The quantitative estimate of drug-likeness (QED) is 0.648. The molecule has 2 rings (SSSR count). The van der Waals surface area contributed by atoms with Gasteiger partial charge in [0.2, 0.25) is 0 Å². The zero-order valence-corrected chi connectivity index (χ0v) is 9.63. The van der Waals surface area contributed by atoms with Crippen LogP contribution in [0.5, 0.6) is 0 Å². The number of ketones is 1. The van der Waals surface area contributed by atoms with Crippen molar-refractivity contribution in [2.45, 2.75) is 45.4 Å². The number of Topliss-reactive ketones (excluding diaryl/α,β-unsaturated/α-hetero) is 1. The molecule has 0 radical (unpaired) electrons. The molecule has 0 aromatic carbocycles. The molecule has 0 N–H and O–H groups in total. The lowest BCUT2D eigenvalue weighted by atomic mass is 9.85. The molecule has 2 heteroatoms. The molecule has 0 atom stereocenters. The van der Waals surface area contributed by atoms with Gasteiger partial charge in [-0.1, -0.05) is 26.8 Å². The first kappa shape index (κ1) is 10.3. The topological polar surface area (TPSA) is 30.0 Å². The highest BCUT2D eigenvalue weighted by Crippen LogP contribution is 2.25. The number of hydrogen-bond acceptors (Lipinski definition) is 2. The van der Waals surface area contributed by atoms with Crippen LogP contribution < -0.4 is 0 Å². The van der Waals surface area contributed by atoms with Crippen molar-refractivity contribution >= 4 is 5.78 Å². The molecule has 1 aromatic heterocycles. The van der Waals surface area contributed by atoms with E-state index < -0.39 is 0 Å². The second kappa shape index (κ2) is 3.44. The van der Waals surface area contributed by atoms with Crippen LogP contribution in [0.3, 0.4) is 0 Å². The third kappa shape index (κ3) is 2.09. The molecule has 0 amide bonds. The maximum Gasteiger partial charge on any atom is 0.139 e. The molecular formula is C13H17NO. The lowest BCUT2D eigenvalue weighted by Gasteiger charge is -2.22. The second-order valence-corrected chi connectivity index (χ2v) is 5.30. The molecular weight excluding hydrogens is 186 g/mol. The highest BCUT2D eigenvalue weighted by molar-refractivity contribution is 5.82. The van der Waals surface area contributed by atoms with E-state index in [2.05, 4.69) is 31.8 Å². The lowest BCUT2D eigenvalue weighted by molar-refractivity contribution is -0.118. The predicted molar refractivity (Wildman–Crippen MR) is 60.0 cm³/mol. The zero-order chi connectivity index (χ0) is 11.1. The fourth-order valence-corrected chi connectivity index (χ4v) is 1.87. The summed E-state index contributed by atoms with van der Waals surface area (Å²) in [5.41, 5.74) is 3.65. The van der Waals surface area contributed by atoms with Crippen molar-refractivity contribution in [1.82, 2.24) is 4.98 Å². The molecule has 0 bridgehead atoms. The number of fused-ring (bicyclic) bond motifs is 1. The molecule has 1 aliphatic rings. The van der Waals surface area contributed by atoms with Gasteiger partial charge in [-0.05, 0) is 23.0 Å². The van der Waals surface area contributed by atoms with Gasteiger partial charge in [-0.2, -0.15) is 0 Å². The van der Waals surface area contributed by atoms with Gasteiger partial charge >= 0.3 is 0 Å². The van der Waals surface area contributed by atoms with E-state index in [0.29, 0.717) is 18.6 Å². The Morgan fingerprint density at radius 3 is 2.67 bits per heavy atom. The molecule has 0 saturated carbocycles. The minimum absolute atomic E-state index is 0.142. The summed E-state index contributed by atoms with van der Waals surface area (Å²) in [6.07, 6.45) is 3.99. The Balaban J connectivity index is 2.39. The van der Waals surface area contributed by atoms with Crippen LogP contribution >= 0.6 is 0 Å². The number of nitrogens with zero attached hydrogens (tertiary/aromatic N) is 1. The molecule has 0 aliphatic heterocycles. The van der Waals surface area contributed by atoms with Crippen molar-refractivity contribution in [3.05, 3.63) is 29.1 Å². The number of pyridine rings is 1. The van der Waals surface area contributed by atoms with Crippen LogP contribution in [0.2, 0.25) is 0 Å². The largest absolute Gasteiger partial charge is 0.299 e. The Morgan fingerprint density at radius 2 is 2.00 bits per heavy atom. The first-order valence-electron chi connectivity index (χ1n) is 5.47. The van der Waals surface area contributed by atoms with Gasteiger partial charge in [0.15, 0.2) is 0 Å². The predicted octanol–water partition coefficient (Wildman–Crippen LogP) is 2.44. The number of hydrogen-bond donors (Lipinski definition) is 0. The van der Waals surface area contributed by atoms with Gasteiger partial charge in [-0.25, -0.2) is 0 Å². The molecule has 0 spiro atoms. The normalized spacial score (nSPS) is 16.3. The zero-order valence-electron chi connectivity index (χ0n) is 9.63.